The standard InChI is InChI=1S/C24H18Cl3N3O5/c1-34-21-9-14(5-8-20(21)35-24(33)16-6-7-18(26)19(27)11-16)12-29-30-22(31)13-28-23(32)15-3-2-4-17(25)10-15/h2-12H,13H2,1H3,(H,28,32)(H,30,31)/b29-12+. The molecule has 180 valence electrons. The van der Waals surface area contributed by atoms with Crippen molar-refractivity contribution >= 4 is 58.8 Å². The van der Waals surface area contributed by atoms with E-state index in [4.69, 9.17) is 44.3 Å². The quantitative estimate of drug-likeness (QED) is 0.188. The van der Waals surface area contributed by atoms with Crippen LogP contribution in [0.5, 0.6) is 11.5 Å². The fraction of sp³-hybridized carbons (Fsp3) is 0.0833. The van der Waals surface area contributed by atoms with E-state index in [1.54, 1.807) is 30.3 Å². The molecule has 0 aliphatic carbocycles. The van der Waals surface area contributed by atoms with E-state index >= 15 is 0 Å². The molecule has 3 rings (SSSR count). The van der Waals surface area contributed by atoms with Crippen LogP contribution in [0.4, 0.5) is 0 Å². The Kier molecular flexibility index (Phi) is 9.08. The van der Waals surface area contributed by atoms with E-state index in [2.05, 4.69) is 15.8 Å². The second-order valence-corrected chi connectivity index (χ2v) is 8.17. The average Bonchev–Trinajstić information content (AvgIpc) is 2.84. The largest absolute Gasteiger partial charge is 0.493 e. The number of ether oxygens (including phenoxy) is 2. The van der Waals surface area contributed by atoms with Crippen molar-refractivity contribution in [3.8, 4) is 11.5 Å². The second-order valence-electron chi connectivity index (χ2n) is 6.91. The molecule has 0 heterocycles. The molecule has 0 saturated heterocycles. The number of amides is 2. The predicted molar refractivity (Wildman–Crippen MR) is 134 cm³/mol. The van der Waals surface area contributed by atoms with E-state index in [9.17, 15) is 14.4 Å². The Balaban J connectivity index is 1.55. The highest BCUT2D eigenvalue weighted by Crippen LogP contribution is 2.29. The molecule has 2 N–H and O–H groups in total. The highest BCUT2D eigenvalue weighted by atomic mass is 35.5. The molecular weight excluding hydrogens is 517 g/mol. The Morgan fingerprint density at radius 2 is 1.71 bits per heavy atom. The molecule has 35 heavy (non-hydrogen) atoms. The van der Waals surface area contributed by atoms with Crippen LogP contribution in [0, 0.1) is 0 Å². The number of halogens is 3. The summed E-state index contributed by atoms with van der Waals surface area (Å²) in [5.74, 6) is -1.18. The van der Waals surface area contributed by atoms with Gasteiger partial charge in [-0.3, -0.25) is 9.59 Å². The molecule has 2 amide bonds. The summed E-state index contributed by atoms with van der Waals surface area (Å²) in [6, 6.07) is 15.4. The van der Waals surface area contributed by atoms with Crippen molar-refractivity contribution < 1.29 is 23.9 Å². The Morgan fingerprint density at radius 3 is 2.43 bits per heavy atom. The van der Waals surface area contributed by atoms with Crippen molar-refractivity contribution in [2.45, 2.75) is 0 Å². The molecular formula is C24H18Cl3N3O5. The molecule has 0 atom stereocenters. The van der Waals surface area contributed by atoms with Crippen LogP contribution in [0.1, 0.15) is 26.3 Å². The van der Waals surface area contributed by atoms with Crippen molar-refractivity contribution in [2.24, 2.45) is 5.10 Å². The number of hydrogen-bond acceptors (Lipinski definition) is 6. The number of carbonyl (C=O) groups is 3. The predicted octanol–water partition coefficient (Wildman–Crippen LogP) is 4.75. The van der Waals surface area contributed by atoms with Crippen LogP contribution < -0.4 is 20.2 Å². The molecule has 0 radical (unpaired) electrons. The van der Waals surface area contributed by atoms with Crippen LogP contribution in [0.3, 0.4) is 0 Å². The van der Waals surface area contributed by atoms with Gasteiger partial charge in [0.25, 0.3) is 11.8 Å². The third-order valence-electron chi connectivity index (χ3n) is 4.44. The fourth-order valence-electron chi connectivity index (χ4n) is 2.74. The SMILES string of the molecule is COc1cc(/C=N/NC(=O)CNC(=O)c2cccc(Cl)c2)ccc1OC(=O)c1ccc(Cl)c(Cl)c1. The van der Waals surface area contributed by atoms with Crippen LogP contribution in [0.2, 0.25) is 15.1 Å². The third kappa shape index (κ3) is 7.45. The molecule has 3 aromatic rings. The topological polar surface area (TPSA) is 106 Å². The minimum atomic E-state index is -0.643. The van der Waals surface area contributed by atoms with Gasteiger partial charge in [0.2, 0.25) is 0 Å². The molecule has 0 aliphatic heterocycles. The first kappa shape index (κ1) is 26.0. The Hall–Kier alpha value is -3.59. The molecule has 0 unspecified atom stereocenters. The fourth-order valence-corrected chi connectivity index (χ4v) is 3.23. The summed E-state index contributed by atoms with van der Waals surface area (Å²) in [4.78, 5) is 36.4. The lowest BCUT2D eigenvalue weighted by atomic mass is 10.2. The first-order valence-electron chi connectivity index (χ1n) is 9.97. The lowest BCUT2D eigenvalue weighted by molar-refractivity contribution is -0.120. The Labute approximate surface area is 215 Å². The van der Waals surface area contributed by atoms with Gasteiger partial charge in [-0.1, -0.05) is 40.9 Å². The molecule has 0 bridgehead atoms. The van der Waals surface area contributed by atoms with E-state index in [1.807, 2.05) is 0 Å². The zero-order valence-electron chi connectivity index (χ0n) is 18.2. The number of carbonyl (C=O) groups excluding carboxylic acids is 3. The van der Waals surface area contributed by atoms with Crippen LogP contribution in [-0.4, -0.2) is 37.7 Å². The lowest BCUT2D eigenvalue weighted by Crippen LogP contribution is -2.34. The zero-order valence-corrected chi connectivity index (χ0v) is 20.4. The van der Waals surface area contributed by atoms with Gasteiger partial charge < -0.3 is 14.8 Å². The number of nitrogens with zero attached hydrogens (tertiary/aromatic N) is 1. The third-order valence-corrected chi connectivity index (χ3v) is 5.42. The van der Waals surface area contributed by atoms with Crippen LogP contribution >= 0.6 is 34.8 Å². The highest BCUT2D eigenvalue weighted by Gasteiger charge is 2.14. The van der Waals surface area contributed by atoms with E-state index < -0.39 is 17.8 Å². The maximum Gasteiger partial charge on any atom is 0.343 e. The van der Waals surface area contributed by atoms with Crippen LogP contribution in [-0.2, 0) is 4.79 Å². The van der Waals surface area contributed by atoms with Crippen LogP contribution in [0.15, 0.2) is 65.8 Å². The lowest BCUT2D eigenvalue weighted by Gasteiger charge is -2.10. The van der Waals surface area contributed by atoms with Crippen molar-refractivity contribution in [3.05, 3.63) is 92.4 Å². The highest BCUT2D eigenvalue weighted by molar-refractivity contribution is 6.42. The summed E-state index contributed by atoms with van der Waals surface area (Å²) in [5.41, 5.74) is 3.41. The molecule has 0 aliphatic rings. The van der Waals surface area contributed by atoms with E-state index in [-0.39, 0.29) is 28.6 Å². The molecule has 11 heteroatoms. The van der Waals surface area contributed by atoms with E-state index in [0.717, 1.165) is 0 Å². The number of benzene rings is 3. The van der Waals surface area contributed by atoms with E-state index in [0.29, 0.717) is 21.2 Å². The molecule has 0 saturated carbocycles. The summed E-state index contributed by atoms with van der Waals surface area (Å²) in [6.07, 6.45) is 1.36. The minimum Gasteiger partial charge on any atom is -0.493 e. The maximum atomic E-state index is 12.4. The summed E-state index contributed by atoms with van der Waals surface area (Å²) in [5, 5.41) is 7.28. The average molecular weight is 535 g/mol. The van der Waals surface area contributed by atoms with Crippen molar-refractivity contribution in [3.63, 3.8) is 0 Å². The van der Waals surface area contributed by atoms with Gasteiger partial charge in [0.15, 0.2) is 11.5 Å². The summed E-state index contributed by atoms with van der Waals surface area (Å²) < 4.78 is 10.7. The first-order valence-corrected chi connectivity index (χ1v) is 11.1. The van der Waals surface area contributed by atoms with Gasteiger partial charge in [-0.15, -0.1) is 0 Å². The van der Waals surface area contributed by atoms with Crippen molar-refractivity contribution in [2.75, 3.05) is 13.7 Å². The number of methoxy groups -OCH3 is 1. The monoisotopic (exact) mass is 533 g/mol. The number of hydrogen-bond donors (Lipinski definition) is 2. The normalized spacial score (nSPS) is 10.6. The van der Waals surface area contributed by atoms with Gasteiger partial charge in [0.05, 0.1) is 35.5 Å². The van der Waals surface area contributed by atoms with Crippen molar-refractivity contribution in [1.29, 1.82) is 0 Å². The molecule has 3 aromatic carbocycles. The number of esters is 1. The molecule has 0 spiro atoms. The summed E-state index contributed by atoms with van der Waals surface area (Å²) >= 11 is 17.7. The molecule has 8 nitrogen and oxygen atoms in total. The summed E-state index contributed by atoms with van der Waals surface area (Å²) in [6.45, 7) is -0.282. The number of nitrogens with one attached hydrogen (secondary N) is 2. The zero-order chi connectivity index (χ0) is 25.4. The van der Waals surface area contributed by atoms with E-state index in [1.165, 1.54) is 43.7 Å². The van der Waals surface area contributed by atoms with Gasteiger partial charge in [-0.2, -0.15) is 5.10 Å². The van der Waals surface area contributed by atoms with Gasteiger partial charge in [0, 0.05) is 10.6 Å². The minimum absolute atomic E-state index is 0.175. The van der Waals surface area contributed by atoms with Crippen LogP contribution in [0.25, 0.3) is 0 Å². The molecule has 0 fully saturated rings. The van der Waals surface area contributed by atoms with Gasteiger partial charge in [-0.05, 0) is 60.2 Å². The van der Waals surface area contributed by atoms with Gasteiger partial charge in [-0.25, -0.2) is 10.2 Å². The maximum absolute atomic E-state index is 12.4. The van der Waals surface area contributed by atoms with Crippen molar-refractivity contribution in [1.82, 2.24) is 10.7 Å². The number of rotatable bonds is 8. The summed E-state index contributed by atoms with van der Waals surface area (Å²) in [7, 11) is 1.41. The van der Waals surface area contributed by atoms with Gasteiger partial charge >= 0.3 is 5.97 Å². The molecule has 0 aromatic heterocycles. The van der Waals surface area contributed by atoms with Gasteiger partial charge in [0.1, 0.15) is 0 Å². The Morgan fingerprint density at radius 1 is 0.914 bits per heavy atom. The first-order chi connectivity index (χ1) is 16.8. The smallest absolute Gasteiger partial charge is 0.343 e. The second kappa shape index (κ2) is 12.2. The number of hydrazone groups is 1. The Bertz CT molecular complexity index is 1300.